The van der Waals surface area contributed by atoms with Crippen molar-refractivity contribution in [1.29, 1.82) is 0 Å². The predicted molar refractivity (Wildman–Crippen MR) is 113 cm³/mol. The molecule has 0 radical (unpaired) electrons. The van der Waals surface area contributed by atoms with Crippen LogP contribution in [0.15, 0.2) is 65.5 Å². The quantitative estimate of drug-likeness (QED) is 0.477. The van der Waals surface area contributed by atoms with Crippen LogP contribution in [-0.2, 0) is 12.8 Å². The topological polar surface area (TPSA) is 55.0 Å². The zero-order valence-electron chi connectivity index (χ0n) is 15.8. The van der Waals surface area contributed by atoms with Crippen molar-refractivity contribution in [2.45, 2.75) is 24.2 Å². The highest BCUT2D eigenvalue weighted by Gasteiger charge is 2.22. The summed E-state index contributed by atoms with van der Waals surface area (Å²) in [6, 6.07) is 14.1. The number of ether oxygens (including phenoxy) is 1. The molecule has 1 aliphatic carbocycles. The molecule has 0 amide bonds. The number of H-pyrrole nitrogens is 1. The maximum absolute atomic E-state index is 12.9. The molecule has 28 heavy (non-hydrogen) atoms. The number of carbonyl (C=O) groups is 1. The van der Waals surface area contributed by atoms with Crippen LogP contribution in [0.4, 0.5) is 0 Å². The van der Waals surface area contributed by atoms with Gasteiger partial charge < -0.3 is 9.72 Å². The van der Waals surface area contributed by atoms with Crippen LogP contribution in [0.5, 0.6) is 5.75 Å². The second-order valence-electron chi connectivity index (χ2n) is 6.75. The third-order valence-electron chi connectivity index (χ3n) is 4.92. The lowest BCUT2D eigenvalue weighted by molar-refractivity contribution is 0.102. The summed E-state index contributed by atoms with van der Waals surface area (Å²) < 4.78 is 5.84. The molecular formula is C23H22N2O2S. The highest BCUT2D eigenvalue weighted by Crippen LogP contribution is 2.30. The molecule has 0 aliphatic heterocycles. The van der Waals surface area contributed by atoms with Crippen molar-refractivity contribution in [2.75, 3.05) is 12.9 Å². The molecule has 0 fully saturated rings. The summed E-state index contributed by atoms with van der Waals surface area (Å²) in [5.41, 5.74) is 4.78. The molecule has 3 aromatic rings. The zero-order chi connectivity index (χ0) is 19.3. The summed E-state index contributed by atoms with van der Waals surface area (Å²) in [4.78, 5) is 21.3. The average Bonchev–Trinajstić information content (AvgIpc) is 3.24. The molecule has 0 atom stereocenters. The highest BCUT2D eigenvalue weighted by molar-refractivity contribution is 7.98. The van der Waals surface area contributed by atoms with E-state index in [1.54, 1.807) is 18.1 Å². The Hall–Kier alpha value is -2.79. The largest absolute Gasteiger partial charge is 0.493 e. The minimum atomic E-state index is 0.123. The van der Waals surface area contributed by atoms with E-state index in [1.165, 1.54) is 4.90 Å². The lowest BCUT2D eigenvalue weighted by Gasteiger charge is -2.18. The third kappa shape index (κ3) is 4.20. The molecular weight excluding hydrogens is 368 g/mol. The van der Waals surface area contributed by atoms with Crippen LogP contribution in [-0.4, -0.2) is 28.6 Å². The first-order chi connectivity index (χ1) is 13.7. The summed E-state index contributed by atoms with van der Waals surface area (Å²) >= 11 is 1.72. The van der Waals surface area contributed by atoms with Gasteiger partial charge >= 0.3 is 0 Å². The number of hydrogen-bond donors (Lipinski definition) is 1. The molecule has 4 nitrogen and oxygen atoms in total. The first-order valence-electron chi connectivity index (χ1n) is 9.35. The van der Waals surface area contributed by atoms with Gasteiger partial charge in [0.1, 0.15) is 5.75 Å². The average molecular weight is 391 g/mol. The molecule has 2 aromatic carbocycles. The number of aryl methyl sites for hydroxylation is 1. The molecule has 1 heterocycles. The molecule has 142 valence electrons. The molecule has 0 unspecified atom stereocenters. The fraction of sp³-hybridized carbons (Fsp3) is 0.217. The Morgan fingerprint density at radius 1 is 1.18 bits per heavy atom. The molecule has 1 aromatic heterocycles. The van der Waals surface area contributed by atoms with Crippen molar-refractivity contribution in [2.24, 2.45) is 0 Å². The van der Waals surface area contributed by atoms with E-state index >= 15 is 0 Å². The third-order valence-corrected chi connectivity index (χ3v) is 5.66. The van der Waals surface area contributed by atoms with E-state index < -0.39 is 0 Å². The Morgan fingerprint density at radius 2 is 2.04 bits per heavy atom. The number of nitrogens with zero attached hydrogens (tertiary/aromatic N) is 1. The number of nitrogens with one attached hydrogen (secondary N) is 1. The van der Waals surface area contributed by atoms with E-state index in [1.807, 2.05) is 30.5 Å². The van der Waals surface area contributed by atoms with Crippen LogP contribution in [0.3, 0.4) is 0 Å². The van der Waals surface area contributed by atoms with E-state index in [0.717, 1.165) is 53.0 Å². The Kier molecular flexibility index (Phi) is 5.63. The van der Waals surface area contributed by atoms with Crippen LogP contribution >= 0.6 is 11.8 Å². The van der Waals surface area contributed by atoms with Crippen molar-refractivity contribution >= 4 is 23.6 Å². The number of imidazole rings is 1. The number of fused-ring (bicyclic) bond motifs is 1. The van der Waals surface area contributed by atoms with E-state index in [0.29, 0.717) is 6.61 Å². The predicted octanol–water partition coefficient (Wildman–Crippen LogP) is 4.97. The van der Waals surface area contributed by atoms with Crippen LogP contribution in [0.25, 0.3) is 6.08 Å². The van der Waals surface area contributed by atoms with Gasteiger partial charge in [-0.25, -0.2) is 4.98 Å². The van der Waals surface area contributed by atoms with Gasteiger partial charge in [-0.2, -0.15) is 0 Å². The fourth-order valence-electron chi connectivity index (χ4n) is 3.38. The molecule has 0 bridgehead atoms. The highest BCUT2D eigenvalue weighted by atomic mass is 32.2. The lowest BCUT2D eigenvalue weighted by Crippen LogP contribution is -2.14. The standard InChI is InChI=1S/C23H22N2O2S/c1-28-21-7-2-16(3-8-21)12-18-5-4-17-13-20(6-9-22(17)23(18)26)27-11-10-19-14-24-15-25-19/h2-3,6-9,12-15H,4-5,10-11H2,1H3,(H,24,25)/b18-12-. The minimum Gasteiger partial charge on any atom is -0.493 e. The van der Waals surface area contributed by atoms with Gasteiger partial charge in [0.05, 0.1) is 18.6 Å². The number of benzene rings is 2. The number of ketones is 1. The van der Waals surface area contributed by atoms with Crippen molar-refractivity contribution < 1.29 is 9.53 Å². The second kappa shape index (κ2) is 8.48. The van der Waals surface area contributed by atoms with Gasteiger partial charge in [-0.05, 0) is 66.6 Å². The number of carbonyl (C=O) groups excluding carboxylic acids is 1. The van der Waals surface area contributed by atoms with Crippen LogP contribution in [0, 0.1) is 0 Å². The Bertz CT molecular complexity index is 992. The van der Waals surface area contributed by atoms with Gasteiger partial charge in [0, 0.05) is 28.6 Å². The fourth-order valence-corrected chi connectivity index (χ4v) is 3.79. The number of aromatic amines is 1. The monoisotopic (exact) mass is 390 g/mol. The molecule has 0 saturated heterocycles. The molecule has 1 N–H and O–H groups in total. The number of thioether (sulfide) groups is 1. The van der Waals surface area contributed by atoms with Crippen molar-refractivity contribution in [3.8, 4) is 5.75 Å². The maximum Gasteiger partial charge on any atom is 0.189 e. The van der Waals surface area contributed by atoms with E-state index in [9.17, 15) is 4.79 Å². The molecule has 4 rings (SSSR count). The summed E-state index contributed by atoms with van der Waals surface area (Å²) in [6.45, 7) is 0.564. The smallest absolute Gasteiger partial charge is 0.189 e. The number of Topliss-reactive ketones (excluding diaryl/α,β-unsaturated/α-hetero) is 1. The minimum absolute atomic E-state index is 0.123. The summed E-state index contributed by atoms with van der Waals surface area (Å²) in [5.74, 6) is 0.931. The Labute approximate surface area is 169 Å². The number of rotatable bonds is 6. The Morgan fingerprint density at radius 3 is 2.79 bits per heavy atom. The van der Waals surface area contributed by atoms with E-state index in [4.69, 9.17) is 4.74 Å². The Balaban J connectivity index is 1.45. The van der Waals surface area contributed by atoms with E-state index in [-0.39, 0.29) is 5.78 Å². The van der Waals surface area contributed by atoms with Gasteiger partial charge in [-0.1, -0.05) is 12.1 Å². The first kappa shape index (κ1) is 18.6. The molecule has 0 spiro atoms. The van der Waals surface area contributed by atoms with Crippen LogP contribution in [0.1, 0.15) is 33.6 Å². The van der Waals surface area contributed by atoms with Gasteiger partial charge in [0.15, 0.2) is 5.78 Å². The first-order valence-corrected chi connectivity index (χ1v) is 10.6. The summed E-state index contributed by atoms with van der Waals surface area (Å²) in [5, 5.41) is 0. The normalized spacial score (nSPS) is 14.9. The number of allylic oxidation sites excluding steroid dienone is 1. The maximum atomic E-state index is 12.9. The van der Waals surface area contributed by atoms with Crippen molar-refractivity contribution in [3.05, 3.63) is 82.9 Å². The van der Waals surface area contributed by atoms with Crippen molar-refractivity contribution in [3.63, 3.8) is 0 Å². The van der Waals surface area contributed by atoms with Crippen LogP contribution < -0.4 is 4.74 Å². The summed E-state index contributed by atoms with van der Waals surface area (Å²) in [6.07, 6.45) is 9.98. The summed E-state index contributed by atoms with van der Waals surface area (Å²) in [7, 11) is 0. The number of aromatic nitrogens is 2. The van der Waals surface area contributed by atoms with Gasteiger partial charge in [0.2, 0.25) is 0 Å². The van der Waals surface area contributed by atoms with Crippen molar-refractivity contribution in [1.82, 2.24) is 9.97 Å². The van der Waals surface area contributed by atoms with Gasteiger partial charge in [-0.15, -0.1) is 11.8 Å². The second-order valence-corrected chi connectivity index (χ2v) is 7.63. The molecule has 5 heteroatoms. The molecule has 0 saturated carbocycles. The van der Waals surface area contributed by atoms with Gasteiger partial charge in [0.25, 0.3) is 0 Å². The number of hydrogen-bond acceptors (Lipinski definition) is 4. The zero-order valence-corrected chi connectivity index (χ0v) is 16.6. The van der Waals surface area contributed by atoms with E-state index in [2.05, 4.69) is 40.5 Å². The molecule has 1 aliphatic rings. The van der Waals surface area contributed by atoms with Gasteiger partial charge in [-0.3, -0.25) is 4.79 Å². The lowest BCUT2D eigenvalue weighted by atomic mass is 9.86. The van der Waals surface area contributed by atoms with Crippen LogP contribution in [0.2, 0.25) is 0 Å². The SMILES string of the molecule is CSc1ccc(/C=C2/CCc3cc(OCCc4c[nH]cn4)ccc3C2=O)cc1.